The predicted octanol–water partition coefficient (Wildman–Crippen LogP) is 1.13. The van der Waals surface area contributed by atoms with Gasteiger partial charge in [0.05, 0.1) is 12.2 Å². The molecule has 0 saturated heterocycles. The van der Waals surface area contributed by atoms with Gasteiger partial charge in [-0.05, 0) is 6.92 Å². The fourth-order valence-electron chi connectivity index (χ4n) is 1.56. The lowest BCUT2D eigenvalue weighted by Crippen LogP contribution is -2.32. The topological polar surface area (TPSA) is 87.2 Å². The van der Waals surface area contributed by atoms with Gasteiger partial charge < -0.3 is 10.2 Å². The summed E-state index contributed by atoms with van der Waals surface area (Å²) in [5.41, 5.74) is 0.733. The molecule has 0 atom stereocenters. The molecule has 0 radical (unpaired) electrons. The van der Waals surface area contributed by atoms with E-state index in [2.05, 4.69) is 20.0 Å². The quantitative estimate of drug-likeness (QED) is 0.680. The molecule has 0 aliphatic rings. The van der Waals surface area contributed by atoms with Crippen molar-refractivity contribution in [3.63, 3.8) is 0 Å². The molecule has 0 spiro atoms. The summed E-state index contributed by atoms with van der Waals surface area (Å²) in [6.45, 7) is 1.88. The van der Waals surface area contributed by atoms with Crippen LogP contribution < -0.4 is 14.9 Å². The molecule has 0 unspecified atom stereocenters. The summed E-state index contributed by atoms with van der Waals surface area (Å²) < 4.78 is 61.0. The minimum atomic E-state index is -4.50. The number of nitrogens with zero attached hydrogens (tertiary/aromatic N) is 3. The molecule has 0 bridgehead atoms. The van der Waals surface area contributed by atoms with Gasteiger partial charge >= 0.3 is 6.18 Å². The number of hydrogen-bond acceptors (Lipinski definition) is 6. The first-order chi connectivity index (χ1) is 10.5. The average molecular weight is 355 g/mol. The van der Waals surface area contributed by atoms with Crippen LogP contribution in [0.25, 0.3) is 0 Å². The van der Waals surface area contributed by atoms with E-state index in [1.165, 1.54) is 0 Å². The van der Waals surface area contributed by atoms with Crippen molar-refractivity contribution in [2.75, 3.05) is 43.2 Å². The maximum Gasteiger partial charge on any atom is 0.390 e. The number of alkyl halides is 3. The monoisotopic (exact) mass is 355 g/mol. The molecular formula is C12H20F3N5O2S. The third kappa shape index (κ3) is 7.98. The van der Waals surface area contributed by atoms with Gasteiger partial charge in [0.1, 0.15) is 5.82 Å². The van der Waals surface area contributed by atoms with Gasteiger partial charge in [-0.3, -0.25) is 0 Å². The van der Waals surface area contributed by atoms with Gasteiger partial charge in [-0.15, -0.1) is 0 Å². The first-order valence-electron chi connectivity index (χ1n) is 6.79. The van der Waals surface area contributed by atoms with Crippen molar-refractivity contribution in [3.05, 3.63) is 11.8 Å². The molecule has 0 aliphatic heterocycles. The van der Waals surface area contributed by atoms with Crippen molar-refractivity contribution >= 4 is 21.8 Å². The summed E-state index contributed by atoms with van der Waals surface area (Å²) in [4.78, 5) is 10.1. The third-order valence-electron chi connectivity index (χ3n) is 2.68. The van der Waals surface area contributed by atoms with E-state index in [0.29, 0.717) is 11.8 Å². The van der Waals surface area contributed by atoms with Crippen LogP contribution in [0.5, 0.6) is 0 Å². The maximum atomic E-state index is 12.0. The van der Waals surface area contributed by atoms with Gasteiger partial charge in [0.25, 0.3) is 0 Å². The van der Waals surface area contributed by atoms with Crippen molar-refractivity contribution in [3.8, 4) is 0 Å². The van der Waals surface area contributed by atoms with E-state index >= 15 is 0 Å². The highest BCUT2D eigenvalue weighted by molar-refractivity contribution is 7.89. The molecule has 11 heteroatoms. The smallest absolute Gasteiger partial charge is 0.363 e. The number of anilines is 2. The van der Waals surface area contributed by atoms with E-state index in [-0.39, 0.29) is 13.1 Å². The van der Waals surface area contributed by atoms with E-state index < -0.39 is 28.4 Å². The fraction of sp³-hybridized carbons (Fsp3) is 0.667. The molecule has 0 saturated carbocycles. The molecule has 0 aliphatic carbocycles. The van der Waals surface area contributed by atoms with Crippen LogP contribution in [0, 0.1) is 6.92 Å². The van der Waals surface area contributed by atoms with Gasteiger partial charge in [0, 0.05) is 38.9 Å². The van der Waals surface area contributed by atoms with Gasteiger partial charge in [-0.25, -0.2) is 18.1 Å². The predicted molar refractivity (Wildman–Crippen MR) is 82.0 cm³/mol. The molecule has 0 aromatic carbocycles. The summed E-state index contributed by atoms with van der Waals surface area (Å²) in [5.74, 6) is 0.0244. The number of halogens is 3. The van der Waals surface area contributed by atoms with Gasteiger partial charge in [0.2, 0.25) is 16.0 Å². The van der Waals surface area contributed by atoms with Gasteiger partial charge in [0.15, 0.2) is 0 Å². The van der Waals surface area contributed by atoms with Crippen LogP contribution in [0.2, 0.25) is 0 Å². The molecule has 1 aromatic rings. The highest BCUT2D eigenvalue weighted by Crippen LogP contribution is 2.19. The molecule has 7 nitrogen and oxygen atoms in total. The van der Waals surface area contributed by atoms with Crippen molar-refractivity contribution in [1.82, 2.24) is 14.7 Å². The van der Waals surface area contributed by atoms with Crippen LogP contribution in [-0.2, 0) is 10.0 Å². The molecule has 2 N–H and O–H groups in total. The Balaban J connectivity index is 2.46. The van der Waals surface area contributed by atoms with Crippen molar-refractivity contribution < 1.29 is 21.6 Å². The molecule has 23 heavy (non-hydrogen) atoms. The average Bonchev–Trinajstić information content (AvgIpc) is 2.40. The van der Waals surface area contributed by atoms with Crippen molar-refractivity contribution in [1.29, 1.82) is 0 Å². The van der Waals surface area contributed by atoms with E-state index in [9.17, 15) is 21.6 Å². The zero-order valence-corrected chi connectivity index (χ0v) is 13.9. The molecule has 0 fully saturated rings. The summed E-state index contributed by atoms with van der Waals surface area (Å²) >= 11 is 0. The molecule has 1 heterocycles. The standard InChI is InChI=1S/C12H20F3N5O2S/c1-9-8-10(20(2)3)19-11(18-9)16-5-6-17-23(21,22)7-4-12(13,14)15/h8,17H,4-7H2,1-3H3,(H,16,18,19). The van der Waals surface area contributed by atoms with E-state index in [0.717, 1.165) is 5.69 Å². The van der Waals surface area contributed by atoms with Crippen LogP contribution in [0.15, 0.2) is 6.07 Å². The Labute approximate surface area is 133 Å². The second kappa shape index (κ2) is 7.77. The van der Waals surface area contributed by atoms with Crippen LogP contribution in [0.4, 0.5) is 24.9 Å². The number of aromatic nitrogens is 2. The lowest BCUT2D eigenvalue weighted by atomic mass is 10.4. The van der Waals surface area contributed by atoms with Crippen LogP contribution in [-0.4, -0.2) is 57.5 Å². The fourth-order valence-corrected chi connectivity index (χ4v) is 2.62. The highest BCUT2D eigenvalue weighted by Gasteiger charge is 2.29. The third-order valence-corrected chi connectivity index (χ3v) is 4.07. The Hall–Kier alpha value is -1.62. The summed E-state index contributed by atoms with van der Waals surface area (Å²) in [5, 5.41) is 2.83. The summed E-state index contributed by atoms with van der Waals surface area (Å²) in [7, 11) is -0.318. The lowest BCUT2D eigenvalue weighted by Gasteiger charge is -2.14. The number of rotatable bonds is 8. The Kier molecular flexibility index (Phi) is 6.57. The number of sulfonamides is 1. The molecule has 0 amide bonds. The van der Waals surface area contributed by atoms with E-state index in [4.69, 9.17) is 0 Å². The summed E-state index contributed by atoms with van der Waals surface area (Å²) in [6, 6.07) is 1.78. The number of hydrogen-bond donors (Lipinski definition) is 2. The zero-order chi connectivity index (χ0) is 17.7. The number of aryl methyl sites for hydroxylation is 1. The Bertz CT molecular complexity index is 620. The molecule has 132 valence electrons. The second-order valence-corrected chi connectivity index (χ2v) is 7.02. The molecule has 1 aromatic heterocycles. The lowest BCUT2D eigenvalue weighted by molar-refractivity contribution is -0.129. The zero-order valence-electron chi connectivity index (χ0n) is 13.1. The first-order valence-corrected chi connectivity index (χ1v) is 8.45. The number of nitrogens with one attached hydrogen (secondary N) is 2. The second-order valence-electron chi connectivity index (χ2n) is 5.09. The maximum absolute atomic E-state index is 12.0. The minimum Gasteiger partial charge on any atom is -0.363 e. The Morgan fingerprint density at radius 1 is 1.22 bits per heavy atom. The Morgan fingerprint density at radius 3 is 2.43 bits per heavy atom. The van der Waals surface area contributed by atoms with Crippen molar-refractivity contribution in [2.24, 2.45) is 0 Å². The van der Waals surface area contributed by atoms with Crippen LogP contribution in [0.1, 0.15) is 12.1 Å². The van der Waals surface area contributed by atoms with Crippen LogP contribution >= 0.6 is 0 Å². The normalized spacial score (nSPS) is 12.3. The van der Waals surface area contributed by atoms with Gasteiger partial charge in [-0.2, -0.15) is 18.2 Å². The van der Waals surface area contributed by atoms with Gasteiger partial charge in [-0.1, -0.05) is 0 Å². The largest absolute Gasteiger partial charge is 0.390 e. The Morgan fingerprint density at radius 2 is 1.87 bits per heavy atom. The SMILES string of the molecule is Cc1cc(N(C)C)nc(NCCNS(=O)(=O)CCC(F)(F)F)n1. The van der Waals surface area contributed by atoms with Crippen LogP contribution in [0.3, 0.4) is 0 Å². The highest BCUT2D eigenvalue weighted by atomic mass is 32.2. The molecule has 1 rings (SSSR count). The first kappa shape index (κ1) is 19.4. The molecular weight excluding hydrogens is 335 g/mol. The van der Waals surface area contributed by atoms with Crippen molar-refractivity contribution in [2.45, 2.75) is 19.5 Å². The minimum absolute atomic E-state index is 0.0607. The van der Waals surface area contributed by atoms with E-state index in [1.54, 1.807) is 17.9 Å². The summed E-state index contributed by atoms with van der Waals surface area (Å²) in [6.07, 6.45) is -5.87. The van der Waals surface area contributed by atoms with E-state index in [1.807, 2.05) is 14.1 Å².